The number of carbonyl (C=O) groups is 1. The molecule has 0 fully saturated rings. The third kappa shape index (κ3) is 4.80. The molecule has 1 unspecified atom stereocenters. The molecule has 1 atom stereocenters. The van der Waals surface area contributed by atoms with E-state index in [2.05, 4.69) is 30.5 Å². The second-order valence-corrected chi connectivity index (χ2v) is 7.32. The first kappa shape index (κ1) is 20.1. The standard InChI is InChI=1S/C22H21ClN2O2S/c1-3-14(2)17-6-4-5-7-18(17)24-22(28)25-21(26)20-13-12-19(27-20)15-8-10-16(23)11-9-15/h4-14H,3H2,1-2H3,(H2,24,25,26,28). The molecule has 2 N–H and O–H groups in total. The predicted molar refractivity (Wildman–Crippen MR) is 118 cm³/mol. The van der Waals surface area contributed by atoms with Gasteiger partial charge in [-0.05, 0) is 72.6 Å². The lowest BCUT2D eigenvalue weighted by Crippen LogP contribution is -2.34. The summed E-state index contributed by atoms with van der Waals surface area (Å²) in [5.41, 5.74) is 2.89. The zero-order chi connectivity index (χ0) is 20.1. The van der Waals surface area contributed by atoms with Gasteiger partial charge in [0.15, 0.2) is 10.9 Å². The third-order valence-electron chi connectivity index (χ3n) is 4.54. The van der Waals surface area contributed by atoms with Crippen molar-refractivity contribution in [2.45, 2.75) is 26.2 Å². The molecule has 3 rings (SSSR count). The number of para-hydroxylation sites is 1. The van der Waals surface area contributed by atoms with Crippen LogP contribution in [-0.2, 0) is 0 Å². The van der Waals surface area contributed by atoms with Crippen molar-refractivity contribution in [2.75, 3.05) is 5.32 Å². The first-order valence-corrected chi connectivity index (χ1v) is 9.83. The van der Waals surface area contributed by atoms with Crippen molar-refractivity contribution in [2.24, 2.45) is 0 Å². The van der Waals surface area contributed by atoms with Crippen LogP contribution in [0.5, 0.6) is 0 Å². The molecule has 144 valence electrons. The zero-order valence-electron chi connectivity index (χ0n) is 15.7. The SMILES string of the molecule is CCC(C)c1ccccc1NC(=S)NC(=O)c1ccc(-c2ccc(Cl)cc2)o1. The molecule has 6 heteroatoms. The maximum absolute atomic E-state index is 12.5. The van der Waals surface area contributed by atoms with E-state index < -0.39 is 5.91 Å². The van der Waals surface area contributed by atoms with Crippen molar-refractivity contribution in [1.82, 2.24) is 5.32 Å². The van der Waals surface area contributed by atoms with E-state index in [0.717, 1.165) is 23.2 Å². The molecule has 3 aromatic rings. The lowest BCUT2D eigenvalue weighted by atomic mass is 9.97. The van der Waals surface area contributed by atoms with E-state index in [1.165, 1.54) is 0 Å². The number of halogens is 1. The van der Waals surface area contributed by atoms with E-state index in [1.54, 1.807) is 24.3 Å². The molecule has 0 saturated heterocycles. The third-order valence-corrected chi connectivity index (χ3v) is 4.99. The summed E-state index contributed by atoms with van der Waals surface area (Å²) in [6, 6.07) is 18.5. The zero-order valence-corrected chi connectivity index (χ0v) is 17.2. The van der Waals surface area contributed by atoms with Gasteiger partial charge in [0.2, 0.25) is 0 Å². The van der Waals surface area contributed by atoms with E-state index in [0.29, 0.717) is 16.7 Å². The Hall–Kier alpha value is -2.63. The van der Waals surface area contributed by atoms with E-state index in [9.17, 15) is 4.79 Å². The molecule has 0 spiro atoms. The van der Waals surface area contributed by atoms with E-state index in [-0.39, 0.29) is 10.9 Å². The van der Waals surface area contributed by atoms with Crippen molar-refractivity contribution < 1.29 is 9.21 Å². The Morgan fingerprint density at radius 2 is 1.82 bits per heavy atom. The van der Waals surface area contributed by atoms with Gasteiger partial charge in [-0.2, -0.15) is 0 Å². The Labute approximate surface area is 174 Å². The Bertz CT molecular complexity index is 982. The molecular weight excluding hydrogens is 392 g/mol. The Morgan fingerprint density at radius 3 is 2.54 bits per heavy atom. The minimum atomic E-state index is -0.404. The molecule has 0 aliphatic heterocycles. The number of benzene rings is 2. The van der Waals surface area contributed by atoms with Crippen LogP contribution < -0.4 is 10.6 Å². The molecule has 1 aromatic heterocycles. The van der Waals surface area contributed by atoms with Gasteiger partial charge in [0, 0.05) is 16.3 Å². The molecule has 4 nitrogen and oxygen atoms in total. The summed E-state index contributed by atoms with van der Waals surface area (Å²) >= 11 is 11.2. The summed E-state index contributed by atoms with van der Waals surface area (Å²) in [6.07, 6.45) is 1.01. The van der Waals surface area contributed by atoms with E-state index >= 15 is 0 Å². The highest BCUT2D eigenvalue weighted by Crippen LogP contribution is 2.27. The van der Waals surface area contributed by atoms with Crippen LogP contribution in [0.25, 0.3) is 11.3 Å². The maximum atomic E-state index is 12.5. The van der Waals surface area contributed by atoms with Crippen molar-refractivity contribution in [3.8, 4) is 11.3 Å². The number of anilines is 1. The van der Waals surface area contributed by atoms with Crippen LogP contribution in [0.4, 0.5) is 5.69 Å². The molecule has 0 bridgehead atoms. The Morgan fingerprint density at radius 1 is 1.11 bits per heavy atom. The summed E-state index contributed by atoms with van der Waals surface area (Å²) in [7, 11) is 0. The van der Waals surface area contributed by atoms with Gasteiger partial charge in [0.1, 0.15) is 5.76 Å². The average Bonchev–Trinajstić information content (AvgIpc) is 3.18. The van der Waals surface area contributed by atoms with Gasteiger partial charge < -0.3 is 9.73 Å². The molecule has 1 amide bonds. The summed E-state index contributed by atoms with van der Waals surface area (Å²) in [5, 5.41) is 6.65. The number of hydrogen-bond donors (Lipinski definition) is 2. The number of amides is 1. The summed E-state index contributed by atoms with van der Waals surface area (Å²) in [6.45, 7) is 4.29. The average molecular weight is 413 g/mol. The number of carbonyl (C=O) groups excluding carboxylic acids is 1. The fourth-order valence-electron chi connectivity index (χ4n) is 2.81. The van der Waals surface area contributed by atoms with Gasteiger partial charge in [-0.1, -0.05) is 43.6 Å². The molecule has 0 radical (unpaired) electrons. The first-order valence-electron chi connectivity index (χ1n) is 9.05. The van der Waals surface area contributed by atoms with Crippen molar-refractivity contribution in [1.29, 1.82) is 0 Å². The number of thiocarbonyl (C=S) groups is 1. The molecule has 28 heavy (non-hydrogen) atoms. The minimum Gasteiger partial charge on any atom is -0.451 e. The lowest BCUT2D eigenvalue weighted by Gasteiger charge is -2.16. The normalized spacial score (nSPS) is 11.7. The largest absolute Gasteiger partial charge is 0.451 e. The summed E-state index contributed by atoms with van der Waals surface area (Å²) in [4.78, 5) is 12.5. The van der Waals surface area contributed by atoms with Crippen LogP contribution in [0, 0.1) is 0 Å². The second-order valence-electron chi connectivity index (χ2n) is 6.48. The van der Waals surface area contributed by atoms with Gasteiger partial charge in [-0.15, -0.1) is 0 Å². The first-order chi connectivity index (χ1) is 13.5. The number of furan rings is 1. The maximum Gasteiger partial charge on any atom is 0.293 e. The van der Waals surface area contributed by atoms with Crippen LogP contribution in [0.3, 0.4) is 0 Å². The van der Waals surface area contributed by atoms with Gasteiger partial charge >= 0.3 is 0 Å². The molecule has 0 aliphatic rings. The quantitative estimate of drug-likeness (QED) is 0.487. The highest BCUT2D eigenvalue weighted by Gasteiger charge is 2.15. The van der Waals surface area contributed by atoms with Gasteiger partial charge in [-0.25, -0.2) is 0 Å². The highest BCUT2D eigenvalue weighted by atomic mass is 35.5. The van der Waals surface area contributed by atoms with Gasteiger partial charge in [0.25, 0.3) is 5.91 Å². The second kappa shape index (κ2) is 9.04. The van der Waals surface area contributed by atoms with Crippen LogP contribution in [0.1, 0.15) is 42.3 Å². The van der Waals surface area contributed by atoms with E-state index in [1.807, 2.05) is 30.3 Å². The monoisotopic (exact) mass is 412 g/mol. The summed E-state index contributed by atoms with van der Waals surface area (Å²) < 4.78 is 5.66. The predicted octanol–water partition coefficient (Wildman–Crippen LogP) is 6.24. The Balaban J connectivity index is 1.67. The van der Waals surface area contributed by atoms with E-state index in [4.69, 9.17) is 28.2 Å². The fraction of sp³-hybridized carbons (Fsp3) is 0.182. The van der Waals surface area contributed by atoms with Crippen LogP contribution in [-0.4, -0.2) is 11.0 Å². The van der Waals surface area contributed by atoms with Crippen LogP contribution in [0.15, 0.2) is 65.1 Å². The minimum absolute atomic E-state index is 0.185. The lowest BCUT2D eigenvalue weighted by molar-refractivity contribution is 0.0951. The fourth-order valence-corrected chi connectivity index (χ4v) is 3.14. The number of hydrogen-bond acceptors (Lipinski definition) is 3. The molecular formula is C22H21ClN2O2S. The van der Waals surface area contributed by atoms with Gasteiger partial charge in [0.05, 0.1) is 0 Å². The van der Waals surface area contributed by atoms with Crippen LogP contribution in [0.2, 0.25) is 5.02 Å². The molecule has 0 saturated carbocycles. The number of nitrogens with one attached hydrogen (secondary N) is 2. The van der Waals surface area contributed by atoms with Crippen molar-refractivity contribution in [3.63, 3.8) is 0 Å². The van der Waals surface area contributed by atoms with Crippen molar-refractivity contribution in [3.05, 3.63) is 77.0 Å². The van der Waals surface area contributed by atoms with Crippen LogP contribution >= 0.6 is 23.8 Å². The smallest absolute Gasteiger partial charge is 0.293 e. The Kier molecular flexibility index (Phi) is 6.49. The summed E-state index contributed by atoms with van der Waals surface area (Å²) in [5.74, 6) is 0.750. The topological polar surface area (TPSA) is 54.3 Å². The number of rotatable bonds is 5. The van der Waals surface area contributed by atoms with Gasteiger partial charge in [-0.3, -0.25) is 10.1 Å². The highest BCUT2D eigenvalue weighted by molar-refractivity contribution is 7.80. The molecule has 0 aliphatic carbocycles. The molecule has 1 heterocycles. The molecule has 2 aromatic carbocycles. The van der Waals surface area contributed by atoms with Crippen molar-refractivity contribution >= 4 is 40.5 Å².